The number of ether oxygens (including phenoxy) is 2. The third kappa shape index (κ3) is 6.59. The van der Waals surface area contributed by atoms with E-state index >= 15 is 0 Å². The summed E-state index contributed by atoms with van der Waals surface area (Å²) in [6, 6.07) is 21.8. The Kier molecular flexibility index (Phi) is 7.61. The first-order valence-electron chi connectivity index (χ1n) is 9.00. The fraction of sp³-hybridized carbons (Fsp3) is 0.136. The van der Waals surface area contributed by atoms with Gasteiger partial charge in [-0.3, -0.25) is 4.79 Å². The molecule has 2 N–H and O–H groups in total. The average molecular weight is 431 g/mol. The minimum absolute atomic E-state index is 0.0332. The first kappa shape index (κ1) is 20.8. The van der Waals surface area contributed by atoms with E-state index in [4.69, 9.17) is 32.7 Å². The second kappa shape index (κ2) is 10.6. The average Bonchev–Trinajstić information content (AvgIpc) is 2.74. The van der Waals surface area contributed by atoms with Gasteiger partial charge in [0.25, 0.3) is 0 Å². The van der Waals surface area contributed by atoms with Crippen molar-refractivity contribution >= 4 is 40.5 Å². The molecule has 0 aromatic heterocycles. The van der Waals surface area contributed by atoms with Crippen molar-refractivity contribution in [2.75, 3.05) is 30.4 Å². The van der Waals surface area contributed by atoms with E-state index < -0.39 is 0 Å². The van der Waals surface area contributed by atoms with Gasteiger partial charge in [0.2, 0.25) is 5.91 Å². The Labute approximate surface area is 179 Å². The maximum atomic E-state index is 12.3. The number of anilines is 2. The van der Waals surface area contributed by atoms with Crippen LogP contribution in [0.5, 0.6) is 11.5 Å². The molecule has 0 radical (unpaired) electrons. The molecule has 3 aromatic carbocycles. The highest BCUT2D eigenvalue weighted by molar-refractivity contribution is 6.35. The molecule has 0 aliphatic heterocycles. The van der Waals surface area contributed by atoms with Crippen molar-refractivity contribution in [1.29, 1.82) is 0 Å². The molecule has 0 aliphatic rings. The number of halogens is 2. The molecule has 0 heterocycles. The molecule has 1 amide bonds. The van der Waals surface area contributed by atoms with Crippen LogP contribution in [0, 0.1) is 0 Å². The molecule has 0 aliphatic carbocycles. The molecule has 0 bridgehead atoms. The Hall–Kier alpha value is -2.89. The summed E-state index contributed by atoms with van der Waals surface area (Å²) < 4.78 is 11.4. The fourth-order valence-corrected chi connectivity index (χ4v) is 2.88. The molecule has 150 valence electrons. The number of nitrogens with one attached hydrogen (secondary N) is 2. The van der Waals surface area contributed by atoms with Gasteiger partial charge < -0.3 is 20.1 Å². The zero-order chi connectivity index (χ0) is 20.5. The van der Waals surface area contributed by atoms with E-state index in [0.717, 1.165) is 5.75 Å². The van der Waals surface area contributed by atoms with Crippen molar-refractivity contribution in [1.82, 2.24) is 0 Å². The molecule has 0 saturated carbocycles. The predicted molar refractivity (Wildman–Crippen MR) is 117 cm³/mol. The number of para-hydroxylation sites is 3. The molecule has 0 saturated heterocycles. The summed E-state index contributed by atoms with van der Waals surface area (Å²) in [6.45, 7) is 0.769. The van der Waals surface area contributed by atoms with Crippen molar-refractivity contribution < 1.29 is 14.3 Å². The summed E-state index contributed by atoms with van der Waals surface area (Å²) in [7, 11) is 0. The first-order valence-corrected chi connectivity index (χ1v) is 9.76. The van der Waals surface area contributed by atoms with Crippen LogP contribution in [0.2, 0.25) is 10.0 Å². The monoisotopic (exact) mass is 430 g/mol. The lowest BCUT2D eigenvalue weighted by atomic mass is 10.3. The van der Waals surface area contributed by atoms with Crippen molar-refractivity contribution in [3.05, 3.63) is 82.8 Å². The maximum Gasteiger partial charge on any atom is 0.243 e. The Morgan fingerprint density at radius 1 is 0.828 bits per heavy atom. The number of hydrogen-bond donors (Lipinski definition) is 2. The molecule has 5 nitrogen and oxygen atoms in total. The zero-order valence-corrected chi connectivity index (χ0v) is 17.0. The lowest BCUT2D eigenvalue weighted by Crippen LogP contribution is -2.22. The van der Waals surface area contributed by atoms with Gasteiger partial charge in [-0.1, -0.05) is 53.5 Å². The molecule has 3 rings (SSSR count). The van der Waals surface area contributed by atoms with E-state index in [-0.39, 0.29) is 12.5 Å². The number of rotatable bonds is 9. The van der Waals surface area contributed by atoms with E-state index in [1.54, 1.807) is 30.3 Å². The number of amides is 1. The summed E-state index contributed by atoms with van der Waals surface area (Å²) in [6.07, 6.45) is 0. The van der Waals surface area contributed by atoms with Gasteiger partial charge >= 0.3 is 0 Å². The lowest BCUT2D eigenvalue weighted by Gasteiger charge is -2.14. The van der Waals surface area contributed by atoms with Gasteiger partial charge in [0.15, 0.2) is 0 Å². The highest BCUT2D eigenvalue weighted by atomic mass is 35.5. The number of benzene rings is 3. The third-order valence-electron chi connectivity index (χ3n) is 3.88. The van der Waals surface area contributed by atoms with Crippen LogP contribution in [0.1, 0.15) is 0 Å². The molecule has 0 atom stereocenters. The fourth-order valence-electron chi connectivity index (χ4n) is 2.53. The topological polar surface area (TPSA) is 59.6 Å². The van der Waals surface area contributed by atoms with Crippen LogP contribution in [-0.2, 0) is 4.79 Å². The Bertz CT molecular complexity index is 952. The third-order valence-corrected chi connectivity index (χ3v) is 4.45. The van der Waals surface area contributed by atoms with Crippen molar-refractivity contribution in [2.45, 2.75) is 0 Å². The first-order chi connectivity index (χ1) is 14.1. The number of carbonyl (C=O) groups excluding carboxylic acids is 1. The van der Waals surface area contributed by atoms with Gasteiger partial charge in [0.1, 0.15) is 24.7 Å². The van der Waals surface area contributed by atoms with Crippen molar-refractivity contribution in [2.24, 2.45) is 0 Å². The zero-order valence-electron chi connectivity index (χ0n) is 15.5. The van der Waals surface area contributed by atoms with Gasteiger partial charge in [-0.15, -0.1) is 0 Å². The van der Waals surface area contributed by atoms with Crippen LogP contribution in [0.15, 0.2) is 72.8 Å². The molecule has 7 heteroatoms. The smallest absolute Gasteiger partial charge is 0.243 e. The molecule has 0 spiro atoms. The van der Waals surface area contributed by atoms with Gasteiger partial charge in [-0.05, 0) is 42.5 Å². The second-order valence-electron chi connectivity index (χ2n) is 6.03. The second-order valence-corrected chi connectivity index (χ2v) is 6.88. The van der Waals surface area contributed by atoms with Crippen LogP contribution >= 0.6 is 23.2 Å². The normalized spacial score (nSPS) is 10.3. The highest BCUT2D eigenvalue weighted by Crippen LogP contribution is 2.26. The molecule has 0 unspecified atom stereocenters. The number of hydrogen-bond acceptors (Lipinski definition) is 4. The summed E-state index contributed by atoms with van der Waals surface area (Å²) >= 11 is 12.1. The van der Waals surface area contributed by atoms with Gasteiger partial charge in [0, 0.05) is 5.02 Å². The van der Waals surface area contributed by atoms with Crippen LogP contribution in [0.4, 0.5) is 11.4 Å². The standard InChI is InChI=1S/C22H20Cl2N2O3/c23-16-10-11-18(24)20(14-16)25-15-22(27)26-19-8-4-5-9-21(19)29-13-12-28-17-6-2-1-3-7-17/h1-11,14,25H,12-13,15H2,(H,26,27). The molecule has 3 aromatic rings. The Morgan fingerprint density at radius 2 is 1.55 bits per heavy atom. The summed E-state index contributed by atoms with van der Waals surface area (Å²) in [5, 5.41) is 6.83. The summed E-state index contributed by atoms with van der Waals surface area (Å²) in [5.74, 6) is 1.11. The van der Waals surface area contributed by atoms with E-state index in [2.05, 4.69) is 10.6 Å². The lowest BCUT2D eigenvalue weighted by molar-refractivity contribution is -0.114. The summed E-state index contributed by atoms with van der Waals surface area (Å²) in [5.41, 5.74) is 1.17. The van der Waals surface area contributed by atoms with E-state index in [9.17, 15) is 4.79 Å². The molecule has 0 fully saturated rings. The van der Waals surface area contributed by atoms with Crippen LogP contribution < -0.4 is 20.1 Å². The van der Waals surface area contributed by atoms with E-state index in [1.165, 1.54) is 0 Å². The summed E-state index contributed by atoms with van der Waals surface area (Å²) in [4.78, 5) is 12.3. The van der Waals surface area contributed by atoms with Crippen molar-refractivity contribution in [3.63, 3.8) is 0 Å². The quantitative estimate of drug-likeness (QED) is 0.439. The molecule has 29 heavy (non-hydrogen) atoms. The minimum atomic E-state index is -0.238. The Morgan fingerprint density at radius 3 is 2.38 bits per heavy atom. The predicted octanol–water partition coefficient (Wildman–Crippen LogP) is 5.50. The number of carbonyl (C=O) groups is 1. The van der Waals surface area contributed by atoms with Gasteiger partial charge in [0.05, 0.1) is 22.9 Å². The van der Waals surface area contributed by atoms with E-state index in [1.807, 2.05) is 42.5 Å². The highest BCUT2D eigenvalue weighted by Gasteiger charge is 2.09. The van der Waals surface area contributed by atoms with Crippen molar-refractivity contribution in [3.8, 4) is 11.5 Å². The van der Waals surface area contributed by atoms with Crippen LogP contribution in [0.25, 0.3) is 0 Å². The van der Waals surface area contributed by atoms with Gasteiger partial charge in [-0.25, -0.2) is 0 Å². The van der Waals surface area contributed by atoms with Crippen LogP contribution in [-0.4, -0.2) is 25.7 Å². The molecular formula is C22H20Cl2N2O3. The van der Waals surface area contributed by atoms with E-state index in [0.29, 0.717) is 40.4 Å². The minimum Gasteiger partial charge on any atom is -0.490 e. The largest absolute Gasteiger partial charge is 0.490 e. The SMILES string of the molecule is O=C(CNc1cc(Cl)ccc1Cl)Nc1ccccc1OCCOc1ccccc1. The van der Waals surface area contributed by atoms with Crippen LogP contribution in [0.3, 0.4) is 0 Å². The van der Waals surface area contributed by atoms with Gasteiger partial charge in [-0.2, -0.15) is 0 Å². The molecular weight excluding hydrogens is 411 g/mol. The Balaban J connectivity index is 1.50. The maximum absolute atomic E-state index is 12.3.